The normalized spacial score (nSPS) is 25.8. The second kappa shape index (κ2) is 3.47. The van der Waals surface area contributed by atoms with Crippen LogP contribution in [0.15, 0.2) is 0 Å². The third-order valence-electron chi connectivity index (χ3n) is 3.36. The van der Waals surface area contributed by atoms with Gasteiger partial charge in [-0.15, -0.1) is 0 Å². The molecule has 0 spiro atoms. The van der Waals surface area contributed by atoms with Crippen LogP contribution < -0.4 is 4.72 Å². The van der Waals surface area contributed by atoms with Gasteiger partial charge in [-0.25, -0.2) is 13.1 Å². The highest BCUT2D eigenvalue weighted by Gasteiger charge is 2.40. The highest BCUT2D eigenvalue weighted by molar-refractivity contribution is 7.90. The van der Waals surface area contributed by atoms with E-state index >= 15 is 0 Å². The predicted molar refractivity (Wildman–Crippen MR) is 53.3 cm³/mol. The number of aliphatic hydroxyl groups is 1. The van der Waals surface area contributed by atoms with Gasteiger partial charge in [0.15, 0.2) is 0 Å². The summed E-state index contributed by atoms with van der Waals surface area (Å²) in [7, 11) is -3.07. The van der Waals surface area contributed by atoms with E-state index in [0.29, 0.717) is 6.54 Å². The molecule has 2 aliphatic rings. The zero-order valence-corrected chi connectivity index (χ0v) is 9.02. The number of hydrogen-bond donors (Lipinski definition) is 2. The summed E-state index contributed by atoms with van der Waals surface area (Å²) in [6.07, 6.45) is 4.57. The minimum atomic E-state index is -3.07. The lowest BCUT2D eigenvalue weighted by molar-refractivity contribution is 0.0499. The molecule has 2 saturated carbocycles. The Kier molecular flexibility index (Phi) is 2.57. The zero-order chi connectivity index (χ0) is 10.2. The number of rotatable bonds is 5. The van der Waals surface area contributed by atoms with Crippen molar-refractivity contribution < 1.29 is 13.5 Å². The summed E-state index contributed by atoms with van der Waals surface area (Å²) in [6, 6.07) is 0. The Morgan fingerprint density at radius 2 is 2.00 bits per heavy atom. The summed E-state index contributed by atoms with van der Waals surface area (Å²) >= 11 is 0. The molecule has 0 radical (unpaired) electrons. The van der Waals surface area contributed by atoms with Crippen molar-refractivity contribution in [3.63, 3.8) is 0 Å². The molecule has 0 amide bonds. The molecule has 0 bridgehead atoms. The van der Waals surface area contributed by atoms with Gasteiger partial charge in [-0.3, -0.25) is 0 Å². The van der Waals surface area contributed by atoms with Gasteiger partial charge in [-0.2, -0.15) is 0 Å². The molecule has 0 unspecified atom stereocenters. The molecule has 2 N–H and O–H groups in total. The number of sulfonamides is 1. The first-order valence-electron chi connectivity index (χ1n) is 5.17. The van der Waals surface area contributed by atoms with E-state index in [1.54, 1.807) is 0 Å². The van der Waals surface area contributed by atoms with Gasteiger partial charge in [0.1, 0.15) is 0 Å². The van der Waals surface area contributed by atoms with Gasteiger partial charge < -0.3 is 5.11 Å². The Morgan fingerprint density at radius 3 is 2.36 bits per heavy atom. The van der Waals surface area contributed by atoms with E-state index in [-0.39, 0.29) is 17.3 Å². The number of nitrogens with one attached hydrogen (secondary N) is 1. The van der Waals surface area contributed by atoms with Gasteiger partial charge in [-0.1, -0.05) is 6.42 Å². The molecule has 5 heteroatoms. The van der Waals surface area contributed by atoms with Gasteiger partial charge >= 0.3 is 0 Å². The lowest BCUT2D eigenvalue weighted by Crippen LogP contribution is -2.45. The van der Waals surface area contributed by atoms with Crippen molar-refractivity contribution in [3.05, 3.63) is 0 Å². The smallest absolute Gasteiger partial charge is 0.214 e. The minimum absolute atomic E-state index is 0.0974. The Labute approximate surface area is 84.8 Å². The first kappa shape index (κ1) is 10.4. The molecule has 0 aromatic carbocycles. The van der Waals surface area contributed by atoms with Gasteiger partial charge in [0.05, 0.1) is 5.25 Å². The van der Waals surface area contributed by atoms with Crippen LogP contribution in [0, 0.1) is 5.41 Å². The van der Waals surface area contributed by atoms with Crippen molar-refractivity contribution in [1.82, 2.24) is 4.72 Å². The van der Waals surface area contributed by atoms with E-state index in [1.165, 1.54) is 0 Å². The summed E-state index contributed by atoms with van der Waals surface area (Å²) in [4.78, 5) is 0. The molecular formula is C9H17NO3S. The fourth-order valence-electron chi connectivity index (χ4n) is 1.82. The summed E-state index contributed by atoms with van der Waals surface area (Å²) in [5.74, 6) is 0. The summed E-state index contributed by atoms with van der Waals surface area (Å²) in [6.45, 7) is 0.516. The van der Waals surface area contributed by atoms with Crippen molar-refractivity contribution in [2.45, 2.75) is 37.4 Å². The lowest BCUT2D eigenvalue weighted by Gasteiger charge is -2.40. The van der Waals surface area contributed by atoms with Gasteiger partial charge in [-0.05, 0) is 25.7 Å². The van der Waals surface area contributed by atoms with Crippen LogP contribution in [-0.4, -0.2) is 31.9 Å². The van der Waals surface area contributed by atoms with Crippen molar-refractivity contribution in [2.24, 2.45) is 5.41 Å². The molecular weight excluding hydrogens is 202 g/mol. The molecule has 2 aliphatic carbocycles. The van der Waals surface area contributed by atoms with Crippen LogP contribution in [0.25, 0.3) is 0 Å². The third-order valence-corrected chi connectivity index (χ3v) is 5.26. The van der Waals surface area contributed by atoms with Crippen molar-refractivity contribution in [3.8, 4) is 0 Å². The average molecular weight is 219 g/mol. The van der Waals surface area contributed by atoms with Crippen LogP contribution >= 0.6 is 0 Å². The monoisotopic (exact) mass is 219 g/mol. The minimum Gasteiger partial charge on any atom is -0.396 e. The second-order valence-electron chi connectivity index (χ2n) is 4.58. The first-order chi connectivity index (χ1) is 6.58. The van der Waals surface area contributed by atoms with Crippen molar-refractivity contribution in [2.75, 3.05) is 13.2 Å². The maximum atomic E-state index is 11.5. The summed E-state index contributed by atoms with van der Waals surface area (Å²) < 4.78 is 25.6. The van der Waals surface area contributed by atoms with Gasteiger partial charge in [0, 0.05) is 18.6 Å². The van der Waals surface area contributed by atoms with Crippen LogP contribution in [0.4, 0.5) is 0 Å². The quantitative estimate of drug-likeness (QED) is 0.695. The zero-order valence-electron chi connectivity index (χ0n) is 8.20. The second-order valence-corrected chi connectivity index (χ2v) is 6.62. The predicted octanol–water partition coefficient (Wildman–Crippen LogP) is 0.231. The molecule has 14 heavy (non-hydrogen) atoms. The largest absolute Gasteiger partial charge is 0.396 e. The highest BCUT2D eigenvalue weighted by Crippen LogP contribution is 2.40. The highest BCUT2D eigenvalue weighted by atomic mass is 32.2. The maximum Gasteiger partial charge on any atom is 0.214 e. The van der Waals surface area contributed by atoms with E-state index in [9.17, 15) is 8.42 Å². The van der Waals surface area contributed by atoms with Crippen LogP contribution in [0.2, 0.25) is 0 Å². The Morgan fingerprint density at radius 1 is 1.36 bits per heavy atom. The lowest BCUT2D eigenvalue weighted by atomic mass is 9.69. The van der Waals surface area contributed by atoms with E-state index < -0.39 is 10.0 Å². The van der Waals surface area contributed by atoms with Crippen LogP contribution in [0.5, 0.6) is 0 Å². The van der Waals surface area contributed by atoms with Crippen LogP contribution in [-0.2, 0) is 10.0 Å². The molecule has 0 aromatic rings. The van der Waals surface area contributed by atoms with E-state index in [4.69, 9.17) is 5.11 Å². The maximum absolute atomic E-state index is 11.5. The fraction of sp³-hybridized carbons (Fsp3) is 1.00. The number of hydrogen-bond acceptors (Lipinski definition) is 3. The Hall–Kier alpha value is -0.130. The van der Waals surface area contributed by atoms with E-state index in [0.717, 1.165) is 32.1 Å². The van der Waals surface area contributed by atoms with Crippen LogP contribution in [0.3, 0.4) is 0 Å². The molecule has 0 heterocycles. The molecule has 2 rings (SSSR count). The van der Waals surface area contributed by atoms with Gasteiger partial charge in [0.25, 0.3) is 0 Å². The topological polar surface area (TPSA) is 66.4 Å². The van der Waals surface area contributed by atoms with Crippen molar-refractivity contribution >= 4 is 10.0 Å². The fourth-order valence-corrected chi connectivity index (χ4v) is 3.32. The van der Waals surface area contributed by atoms with Crippen molar-refractivity contribution in [1.29, 1.82) is 0 Å². The summed E-state index contributed by atoms with van der Waals surface area (Å²) in [5.41, 5.74) is -0.151. The third kappa shape index (κ3) is 1.94. The Bertz CT molecular complexity index is 299. The standard InChI is InChI=1S/C9H17NO3S/c11-7-9(4-1-5-9)6-10-14(12,13)8-2-3-8/h8,10-11H,1-7H2. The average Bonchev–Trinajstić information content (AvgIpc) is 2.85. The van der Waals surface area contributed by atoms with Gasteiger partial charge in [0.2, 0.25) is 10.0 Å². The molecule has 0 saturated heterocycles. The molecule has 82 valence electrons. The molecule has 0 aromatic heterocycles. The summed E-state index contributed by atoms with van der Waals surface area (Å²) in [5, 5.41) is 9.00. The molecule has 0 atom stereocenters. The molecule has 0 aliphatic heterocycles. The first-order valence-corrected chi connectivity index (χ1v) is 6.72. The van der Waals surface area contributed by atoms with E-state index in [1.807, 2.05) is 0 Å². The SMILES string of the molecule is O=S(=O)(NCC1(CO)CCC1)C1CC1. The van der Waals surface area contributed by atoms with Crippen LogP contribution in [0.1, 0.15) is 32.1 Å². The van der Waals surface area contributed by atoms with E-state index in [2.05, 4.69) is 4.72 Å². The molecule has 2 fully saturated rings. The number of aliphatic hydroxyl groups excluding tert-OH is 1. The Balaban J connectivity index is 1.86. The molecule has 4 nitrogen and oxygen atoms in total.